The Balaban J connectivity index is 0.00000288. The van der Waals surface area contributed by atoms with E-state index < -0.39 is 4.92 Å². The molecule has 0 unspecified atom stereocenters. The predicted molar refractivity (Wildman–Crippen MR) is 106 cm³/mol. The number of guanidine groups is 1. The van der Waals surface area contributed by atoms with Crippen molar-refractivity contribution in [2.75, 3.05) is 13.1 Å². The van der Waals surface area contributed by atoms with Crippen LogP contribution in [0.5, 0.6) is 0 Å². The Bertz CT molecular complexity index is 641. The van der Waals surface area contributed by atoms with E-state index in [4.69, 9.17) is 0 Å². The summed E-state index contributed by atoms with van der Waals surface area (Å²) in [5, 5.41) is 17.1. The van der Waals surface area contributed by atoms with Crippen LogP contribution in [0.15, 0.2) is 53.8 Å². The number of benzene rings is 1. The molecular weight excluding hydrogens is 421 g/mol. The number of nitrogens with zero attached hydrogens (tertiary/aromatic N) is 3. The van der Waals surface area contributed by atoms with Crippen molar-refractivity contribution in [1.29, 1.82) is 0 Å². The summed E-state index contributed by atoms with van der Waals surface area (Å²) in [6.07, 6.45) is 4.03. The molecule has 0 spiro atoms. The molecule has 0 radical (unpaired) electrons. The maximum absolute atomic E-state index is 10.6. The molecule has 7 nitrogen and oxygen atoms in total. The van der Waals surface area contributed by atoms with Gasteiger partial charge in [0.05, 0.1) is 11.5 Å². The summed E-state index contributed by atoms with van der Waals surface area (Å²) >= 11 is 0. The normalized spacial score (nSPS) is 10.8. The highest BCUT2D eigenvalue weighted by atomic mass is 127. The molecule has 0 aliphatic heterocycles. The standard InChI is InChI=1S/C16H21N5O2.HI/c1-2-17-16(18-9-12-20-10-3-4-11-20)19-13-14-5-7-15(8-6-14)21(22)23;/h3-8,10-11H,2,9,12-13H2,1H3,(H2,17,18,19);1H. The molecule has 130 valence electrons. The minimum atomic E-state index is -0.403. The lowest BCUT2D eigenvalue weighted by atomic mass is 10.2. The highest BCUT2D eigenvalue weighted by Gasteiger charge is 2.04. The molecule has 1 heterocycles. The smallest absolute Gasteiger partial charge is 0.269 e. The number of hydrogen-bond acceptors (Lipinski definition) is 3. The number of hydrogen-bond donors (Lipinski definition) is 2. The Hall–Kier alpha value is -2.10. The first-order valence-electron chi connectivity index (χ1n) is 7.55. The first-order valence-corrected chi connectivity index (χ1v) is 7.55. The molecule has 0 aliphatic rings. The van der Waals surface area contributed by atoms with E-state index in [-0.39, 0.29) is 29.7 Å². The van der Waals surface area contributed by atoms with E-state index in [1.165, 1.54) is 12.1 Å². The zero-order valence-corrected chi connectivity index (χ0v) is 15.8. The molecule has 0 bridgehead atoms. The molecule has 0 aliphatic carbocycles. The summed E-state index contributed by atoms with van der Waals surface area (Å²) < 4.78 is 2.09. The van der Waals surface area contributed by atoms with Crippen LogP contribution in [-0.4, -0.2) is 28.5 Å². The van der Waals surface area contributed by atoms with Gasteiger partial charge in [-0.1, -0.05) is 12.1 Å². The zero-order chi connectivity index (χ0) is 16.5. The number of halogens is 1. The number of aromatic nitrogens is 1. The molecule has 1 aromatic carbocycles. The summed E-state index contributed by atoms with van der Waals surface area (Å²) in [5.41, 5.74) is 1.02. The van der Waals surface area contributed by atoms with Crippen molar-refractivity contribution in [1.82, 2.24) is 15.2 Å². The maximum atomic E-state index is 10.6. The summed E-state index contributed by atoms with van der Waals surface area (Å²) in [6, 6.07) is 10.4. The van der Waals surface area contributed by atoms with Crippen LogP contribution in [0.3, 0.4) is 0 Å². The van der Waals surface area contributed by atoms with Gasteiger partial charge in [-0.2, -0.15) is 0 Å². The third kappa shape index (κ3) is 6.57. The molecule has 0 saturated carbocycles. The van der Waals surface area contributed by atoms with Crippen LogP contribution in [0.4, 0.5) is 5.69 Å². The summed E-state index contributed by atoms with van der Waals surface area (Å²) in [4.78, 5) is 14.7. The molecule has 2 aromatic rings. The van der Waals surface area contributed by atoms with Gasteiger partial charge in [0.2, 0.25) is 0 Å². The Kier molecular flexibility index (Phi) is 8.84. The lowest BCUT2D eigenvalue weighted by molar-refractivity contribution is -0.384. The van der Waals surface area contributed by atoms with Gasteiger partial charge in [0.1, 0.15) is 0 Å². The van der Waals surface area contributed by atoms with Gasteiger partial charge < -0.3 is 15.2 Å². The SMILES string of the molecule is CCNC(=NCc1ccc([N+](=O)[O-])cc1)NCCn1cccc1.I. The highest BCUT2D eigenvalue weighted by molar-refractivity contribution is 14.0. The summed E-state index contributed by atoms with van der Waals surface area (Å²) in [5.74, 6) is 0.734. The van der Waals surface area contributed by atoms with E-state index in [9.17, 15) is 10.1 Å². The summed E-state index contributed by atoms with van der Waals surface area (Å²) in [7, 11) is 0. The second kappa shape index (κ2) is 10.6. The predicted octanol–water partition coefficient (Wildman–Crippen LogP) is 2.77. The minimum absolute atomic E-state index is 0. The van der Waals surface area contributed by atoms with Gasteiger partial charge in [-0.25, -0.2) is 4.99 Å². The highest BCUT2D eigenvalue weighted by Crippen LogP contribution is 2.12. The monoisotopic (exact) mass is 443 g/mol. The van der Waals surface area contributed by atoms with E-state index in [1.807, 2.05) is 31.5 Å². The van der Waals surface area contributed by atoms with Crippen LogP contribution in [0.2, 0.25) is 0 Å². The van der Waals surface area contributed by atoms with Crippen LogP contribution in [0.25, 0.3) is 0 Å². The number of aliphatic imine (C=N–C) groups is 1. The number of nitro groups is 1. The molecule has 0 amide bonds. The van der Waals surface area contributed by atoms with Crippen molar-refractivity contribution in [2.45, 2.75) is 20.0 Å². The molecule has 0 saturated heterocycles. The number of non-ortho nitro benzene ring substituents is 1. The Morgan fingerprint density at radius 3 is 2.46 bits per heavy atom. The second-order valence-electron chi connectivity index (χ2n) is 4.97. The Morgan fingerprint density at radius 2 is 1.88 bits per heavy atom. The molecule has 24 heavy (non-hydrogen) atoms. The fourth-order valence-electron chi connectivity index (χ4n) is 2.06. The average Bonchev–Trinajstić information content (AvgIpc) is 3.06. The molecule has 0 fully saturated rings. The molecule has 1 aromatic heterocycles. The van der Waals surface area contributed by atoms with Crippen molar-refractivity contribution >= 4 is 35.6 Å². The van der Waals surface area contributed by atoms with E-state index in [0.29, 0.717) is 6.54 Å². The number of rotatable bonds is 7. The van der Waals surface area contributed by atoms with Crippen molar-refractivity contribution in [3.05, 3.63) is 64.5 Å². The van der Waals surface area contributed by atoms with Gasteiger partial charge in [0, 0.05) is 44.2 Å². The first kappa shape index (κ1) is 19.9. The van der Waals surface area contributed by atoms with Crippen LogP contribution in [0, 0.1) is 10.1 Å². The lowest BCUT2D eigenvalue weighted by Gasteiger charge is -2.11. The largest absolute Gasteiger partial charge is 0.357 e. The lowest BCUT2D eigenvalue weighted by Crippen LogP contribution is -2.38. The van der Waals surface area contributed by atoms with E-state index in [0.717, 1.165) is 31.2 Å². The summed E-state index contributed by atoms with van der Waals surface area (Å²) in [6.45, 7) is 4.87. The third-order valence-electron chi connectivity index (χ3n) is 3.24. The van der Waals surface area contributed by atoms with Gasteiger partial charge >= 0.3 is 0 Å². The number of nitro benzene ring substituents is 1. The van der Waals surface area contributed by atoms with Gasteiger partial charge in [0.25, 0.3) is 5.69 Å². The van der Waals surface area contributed by atoms with Crippen molar-refractivity contribution in [2.24, 2.45) is 4.99 Å². The molecule has 2 rings (SSSR count). The first-order chi connectivity index (χ1) is 11.2. The average molecular weight is 443 g/mol. The molecule has 2 N–H and O–H groups in total. The Morgan fingerprint density at radius 1 is 1.21 bits per heavy atom. The Labute approximate surface area is 158 Å². The van der Waals surface area contributed by atoms with Gasteiger partial charge in [-0.05, 0) is 24.6 Å². The van der Waals surface area contributed by atoms with Crippen molar-refractivity contribution in [3.63, 3.8) is 0 Å². The molecule has 8 heteroatoms. The van der Waals surface area contributed by atoms with E-state index in [1.54, 1.807) is 12.1 Å². The molecular formula is C16H22IN5O2. The fraction of sp³-hybridized carbons (Fsp3) is 0.312. The molecule has 0 atom stereocenters. The minimum Gasteiger partial charge on any atom is -0.357 e. The zero-order valence-electron chi connectivity index (χ0n) is 13.5. The van der Waals surface area contributed by atoms with Gasteiger partial charge in [-0.3, -0.25) is 10.1 Å². The van der Waals surface area contributed by atoms with Crippen LogP contribution >= 0.6 is 24.0 Å². The van der Waals surface area contributed by atoms with Crippen LogP contribution < -0.4 is 10.6 Å². The third-order valence-corrected chi connectivity index (χ3v) is 3.24. The van der Waals surface area contributed by atoms with Crippen molar-refractivity contribution in [3.8, 4) is 0 Å². The topological polar surface area (TPSA) is 84.5 Å². The quantitative estimate of drug-likeness (QED) is 0.227. The maximum Gasteiger partial charge on any atom is 0.269 e. The van der Waals surface area contributed by atoms with Crippen molar-refractivity contribution < 1.29 is 4.92 Å². The van der Waals surface area contributed by atoms with E-state index >= 15 is 0 Å². The number of nitrogens with one attached hydrogen (secondary N) is 2. The van der Waals surface area contributed by atoms with E-state index in [2.05, 4.69) is 20.2 Å². The fourth-order valence-corrected chi connectivity index (χ4v) is 2.06. The second-order valence-corrected chi connectivity index (χ2v) is 4.97. The van der Waals surface area contributed by atoms with Gasteiger partial charge in [-0.15, -0.1) is 24.0 Å². The van der Waals surface area contributed by atoms with Gasteiger partial charge in [0.15, 0.2) is 5.96 Å². The van der Waals surface area contributed by atoms with Crippen LogP contribution in [0.1, 0.15) is 12.5 Å². The van der Waals surface area contributed by atoms with Crippen LogP contribution in [-0.2, 0) is 13.1 Å².